The summed E-state index contributed by atoms with van der Waals surface area (Å²) < 4.78 is 11.7. The van der Waals surface area contributed by atoms with Gasteiger partial charge in [-0.3, -0.25) is 0 Å². The first-order valence-electron chi connectivity index (χ1n) is 7.65. The molecule has 1 saturated heterocycles. The van der Waals surface area contributed by atoms with Crippen LogP contribution in [0.4, 0.5) is 0 Å². The lowest BCUT2D eigenvalue weighted by atomic mass is 10.1. The van der Waals surface area contributed by atoms with Crippen molar-refractivity contribution in [2.45, 2.75) is 25.6 Å². The Balaban J connectivity index is 0.00000192. The maximum atomic E-state index is 6.30. The van der Waals surface area contributed by atoms with Crippen molar-refractivity contribution >= 4 is 24.0 Å². The third-order valence-electron chi connectivity index (χ3n) is 3.73. The third-order valence-corrected chi connectivity index (χ3v) is 4.02. The Labute approximate surface area is 148 Å². The molecule has 1 fully saturated rings. The van der Waals surface area contributed by atoms with Gasteiger partial charge in [0.15, 0.2) is 0 Å². The highest BCUT2D eigenvalue weighted by Gasteiger charge is 2.15. The molecule has 1 heterocycles. The Hall–Kier alpha value is -1.42. The van der Waals surface area contributed by atoms with Crippen molar-refractivity contribution in [1.82, 2.24) is 5.32 Å². The van der Waals surface area contributed by atoms with E-state index in [4.69, 9.17) is 21.1 Å². The first kappa shape index (κ1) is 17.9. The molecule has 2 aromatic rings. The Kier molecular flexibility index (Phi) is 7.03. The van der Waals surface area contributed by atoms with Crippen LogP contribution in [0.2, 0.25) is 5.02 Å². The third kappa shape index (κ3) is 5.31. The van der Waals surface area contributed by atoms with E-state index in [1.807, 2.05) is 48.5 Å². The standard InChI is InChI=1S/C18H20ClNO2.ClH/c19-17-12-16(22-15-8-10-20-11-9-15)6-7-18(17)21-13-14-4-2-1-3-5-14;/h1-7,12,15,20H,8-11,13H2;1H. The van der Waals surface area contributed by atoms with Crippen molar-refractivity contribution in [1.29, 1.82) is 0 Å². The number of benzene rings is 2. The van der Waals surface area contributed by atoms with E-state index in [9.17, 15) is 0 Å². The summed E-state index contributed by atoms with van der Waals surface area (Å²) in [4.78, 5) is 0. The highest BCUT2D eigenvalue weighted by molar-refractivity contribution is 6.32. The second kappa shape index (κ2) is 9.02. The van der Waals surface area contributed by atoms with Crippen LogP contribution < -0.4 is 14.8 Å². The van der Waals surface area contributed by atoms with Crippen LogP contribution in [0.25, 0.3) is 0 Å². The Morgan fingerprint density at radius 1 is 1.04 bits per heavy atom. The zero-order valence-electron chi connectivity index (χ0n) is 12.8. The van der Waals surface area contributed by atoms with E-state index < -0.39 is 0 Å². The molecule has 0 unspecified atom stereocenters. The van der Waals surface area contributed by atoms with Gasteiger partial charge in [-0.2, -0.15) is 0 Å². The first-order valence-corrected chi connectivity index (χ1v) is 8.03. The van der Waals surface area contributed by atoms with Gasteiger partial charge in [-0.25, -0.2) is 0 Å². The van der Waals surface area contributed by atoms with Crippen LogP contribution in [0, 0.1) is 0 Å². The van der Waals surface area contributed by atoms with Gasteiger partial charge in [-0.15, -0.1) is 12.4 Å². The fourth-order valence-corrected chi connectivity index (χ4v) is 2.74. The highest BCUT2D eigenvalue weighted by atomic mass is 35.5. The molecule has 0 spiro atoms. The fraction of sp³-hybridized carbons (Fsp3) is 0.333. The maximum absolute atomic E-state index is 6.30. The van der Waals surface area contributed by atoms with Crippen LogP contribution in [0.5, 0.6) is 11.5 Å². The van der Waals surface area contributed by atoms with Crippen molar-refractivity contribution in [3.8, 4) is 11.5 Å². The van der Waals surface area contributed by atoms with Gasteiger partial charge < -0.3 is 14.8 Å². The van der Waals surface area contributed by atoms with Gasteiger partial charge in [-0.1, -0.05) is 41.9 Å². The van der Waals surface area contributed by atoms with Crippen LogP contribution in [0.1, 0.15) is 18.4 Å². The van der Waals surface area contributed by atoms with Crippen molar-refractivity contribution in [2.24, 2.45) is 0 Å². The normalized spacial score (nSPS) is 14.8. The summed E-state index contributed by atoms with van der Waals surface area (Å²) in [5.41, 5.74) is 1.12. The fourth-order valence-electron chi connectivity index (χ4n) is 2.51. The van der Waals surface area contributed by atoms with E-state index in [0.717, 1.165) is 37.2 Å². The second-order valence-electron chi connectivity index (χ2n) is 5.43. The number of ether oxygens (including phenoxy) is 2. The minimum atomic E-state index is 0. The summed E-state index contributed by atoms with van der Waals surface area (Å²) in [5.74, 6) is 1.49. The molecule has 3 nitrogen and oxygen atoms in total. The topological polar surface area (TPSA) is 30.5 Å². The largest absolute Gasteiger partial charge is 0.490 e. The number of hydrogen-bond donors (Lipinski definition) is 1. The molecule has 1 aliphatic heterocycles. The van der Waals surface area contributed by atoms with Crippen LogP contribution in [-0.2, 0) is 6.61 Å². The van der Waals surface area contributed by atoms with Gasteiger partial charge in [0.1, 0.15) is 24.2 Å². The molecule has 5 heteroatoms. The van der Waals surface area contributed by atoms with Gasteiger partial charge in [0.25, 0.3) is 0 Å². The summed E-state index contributed by atoms with van der Waals surface area (Å²) in [6.07, 6.45) is 2.33. The summed E-state index contributed by atoms with van der Waals surface area (Å²) in [7, 11) is 0. The van der Waals surface area contributed by atoms with Crippen LogP contribution in [0.3, 0.4) is 0 Å². The summed E-state index contributed by atoms with van der Waals surface area (Å²) in [6, 6.07) is 15.7. The number of rotatable bonds is 5. The SMILES string of the molecule is Cl.Clc1cc(OC2CCNCC2)ccc1OCc1ccccc1. The molecule has 0 radical (unpaired) electrons. The molecule has 0 saturated carbocycles. The van der Waals surface area contributed by atoms with Gasteiger partial charge in [-0.05, 0) is 43.6 Å². The molecule has 0 amide bonds. The molecule has 23 heavy (non-hydrogen) atoms. The van der Waals surface area contributed by atoms with E-state index in [1.54, 1.807) is 0 Å². The van der Waals surface area contributed by atoms with Crippen molar-refractivity contribution in [3.63, 3.8) is 0 Å². The lowest BCUT2D eigenvalue weighted by molar-refractivity contribution is 0.162. The van der Waals surface area contributed by atoms with E-state index >= 15 is 0 Å². The molecular formula is C18H21Cl2NO2. The molecule has 1 aliphatic rings. The molecule has 0 aliphatic carbocycles. The van der Waals surface area contributed by atoms with E-state index in [0.29, 0.717) is 17.4 Å². The molecule has 0 atom stereocenters. The lowest BCUT2D eigenvalue weighted by Crippen LogP contribution is -2.34. The molecule has 0 aromatic heterocycles. The number of hydrogen-bond acceptors (Lipinski definition) is 3. The van der Waals surface area contributed by atoms with Crippen molar-refractivity contribution in [3.05, 3.63) is 59.1 Å². The van der Waals surface area contributed by atoms with Crippen molar-refractivity contribution in [2.75, 3.05) is 13.1 Å². The zero-order valence-corrected chi connectivity index (χ0v) is 14.4. The van der Waals surface area contributed by atoms with Gasteiger partial charge in [0.2, 0.25) is 0 Å². The molecule has 3 rings (SSSR count). The minimum Gasteiger partial charge on any atom is -0.490 e. The van der Waals surface area contributed by atoms with Crippen LogP contribution in [0.15, 0.2) is 48.5 Å². The molecular weight excluding hydrogens is 333 g/mol. The molecule has 0 bridgehead atoms. The summed E-state index contributed by atoms with van der Waals surface area (Å²) >= 11 is 6.30. The Morgan fingerprint density at radius 2 is 1.78 bits per heavy atom. The second-order valence-corrected chi connectivity index (χ2v) is 5.84. The number of nitrogens with one attached hydrogen (secondary N) is 1. The average molecular weight is 354 g/mol. The number of piperidine rings is 1. The van der Waals surface area contributed by atoms with E-state index in [1.165, 1.54) is 0 Å². The van der Waals surface area contributed by atoms with Gasteiger partial charge in [0, 0.05) is 6.07 Å². The minimum absolute atomic E-state index is 0. The predicted octanol–water partition coefficient (Wildman–Crippen LogP) is 4.47. The average Bonchev–Trinajstić information content (AvgIpc) is 2.56. The molecule has 2 aromatic carbocycles. The lowest BCUT2D eigenvalue weighted by Gasteiger charge is -2.24. The Bertz CT molecular complexity index is 601. The summed E-state index contributed by atoms with van der Waals surface area (Å²) in [6.45, 7) is 2.53. The van der Waals surface area contributed by atoms with Crippen LogP contribution in [-0.4, -0.2) is 19.2 Å². The van der Waals surface area contributed by atoms with Gasteiger partial charge in [0.05, 0.1) is 5.02 Å². The van der Waals surface area contributed by atoms with E-state index in [-0.39, 0.29) is 18.5 Å². The molecule has 1 N–H and O–H groups in total. The smallest absolute Gasteiger partial charge is 0.138 e. The van der Waals surface area contributed by atoms with Gasteiger partial charge >= 0.3 is 0 Å². The Morgan fingerprint density at radius 3 is 2.48 bits per heavy atom. The quantitative estimate of drug-likeness (QED) is 0.859. The summed E-state index contributed by atoms with van der Waals surface area (Å²) in [5, 5.41) is 3.91. The molecule has 124 valence electrons. The maximum Gasteiger partial charge on any atom is 0.138 e. The highest BCUT2D eigenvalue weighted by Crippen LogP contribution is 2.30. The monoisotopic (exact) mass is 353 g/mol. The van der Waals surface area contributed by atoms with E-state index in [2.05, 4.69) is 5.32 Å². The van der Waals surface area contributed by atoms with Crippen LogP contribution >= 0.6 is 24.0 Å². The predicted molar refractivity (Wildman–Crippen MR) is 96.0 cm³/mol. The first-order chi connectivity index (χ1) is 10.8. The number of halogens is 2. The zero-order chi connectivity index (χ0) is 15.2. The van der Waals surface area contributed by atoms with Crippen molar-refractivity contribution < 1.29 is 9.47 Å².